The second kappa shape index (κ2) is 25.8. The number of fused-ring (bicyclic) bond motifs is 3. The van der Waals surface area contributed by atoms with Gasteiger partial charge in [0.2, 0.25) is 0 Å². The summed E-state index contributed by atoms with van der Waals surface area (Å²) in [7, 11) is 21.7. The van der Waals surface area contributed by atoms with Gasteiger partial charge in [-0.25, -0.2) is 0 Å². The molecule has 0 fully saturated rings. The molecule has 0 saturated heterocycles. The number of hydrogen-bond donors (Lipinski definition) is 0. The van der Waals surface area contributed by atoms with Crippen LogP contribution in [-0.4, -0.2) is 150 Å². The highest BCUT2D eigenvalue weighted by Crippen LogP contribution is 2.26. The van der Waals surface area contributed by atoms with Crippen molar-refractivity contribution in [1.29, 1.82) is 0 Å². The van der Waals surface area contributed by atoms with Crippen molar-refractivity contribution in [2.24, 2.45) is 0 Å². The molecule has 3 heterocycles. The Morgan fingerprint density at radius 2 is 0.692 bits per heavy atom. The van der Waals surface area contributed by atoms with Crippen LogP contribution in [0.5, 0.6) is 0 Å². The fourth-order valence-electron chi connectivity index (χ4n) is 6.12. The average Bonchev–Trinajstić information content (AvgIpc) is 3.67. The van der Waals surface area contributed by atoms with Crippen LogP contribution in [0.2, 0.25) is 20.5 Å². The normalized spacial score (nSPS) is 17.8. The number of nitrogens with zero attached hydrogens (tertiary/aromatic N) is 4. The molecule has 0 aromatic heterocycles. The maximum atomic E-state index is 5.90. The average molecular weight is 735 g/mol. The second-order valence-electron chi connectivity index (χ2n) is 14.6. The minimum atomic E-state index is 0.246. The zero-order valence-electron chi connectivity index (χ0n) is 35.3. The molecule has 3 unspecified atom stereocenters. The van der Waals surface area contributed by atoms with E-state index in [-0.39, 0.29) is 39.1 Å². The zero-order valence-corrected chi connectivity index (χ0v) is 36.2. The molecule has 3 aromatic carbocycles. The molecule has 0 amide bonds. The van der Waals surface area contributed by atoms with E-state index in [2.05, 4.69) is 155 Å². The van der Waals surface area contributed by atoms with E-state index >= 15 is 0 Å². The van der Waals surface area contributed by atoms with Crippen LogP contribution in [0.1, 0.15) is 35.0 Å². The van der Waals surface area contributed by atoms with E-state index in [9.17, 15) is 0 Å². The Kier molecular flexibility index (Phi) is 23.8. The van der Waals surface area contributed by atoms with Crippen molar-refractivity contribution >= 4 is 48.9 Å². The summed E-state index contributed by atoms with van der Waals surface area (Å²) in [6, 6.07) is 25.5. The third-order valence-electron chi connectivity index (χ3n) is 8.04. The largest absolute Gasteiger partial charge is 0.423 e. The van der Waals surface area contributed by atoms with Gasteiger partial charge in [-0.3, -0.25) is 0 Å². The van der Waals surface area contributed by atoms with Gasteiger partial charge in [0.15, 0.2) is 0 Å². The number of likely N-dealkylation sites (N-methyl/N-ethyl adjacent to an activating group) is 3. The molecule has 0 saturated carbocycles. The van der Waals surface area contributed by atoms with Gasteiger partial charge in [0, 0.05) is 33.9 Å². The molecule has 3 aliphatic rings. The number of hydrogen-bond acceptors (Lipinski definition) is 9. The molecule has 0 spiro atoms. The molecule has 52 heavy (non-hydrogen) atoms. The summed E-state index contributed by atoms with van der Waals surface area (Å²) in [5.41, 5.74) is 8.11. The molecule has 0 aliphatic carbocycles. The molecule has 3 atom stereocenters. The molecule has 3 aliphatic heterocycles. The SMILES string of the molecule is CB1OC(CN(C)C)c2ccccc21.CB1OC(CN(C)C)c2ccccc21.CB1OC(CN(C)C)c2ccccc21.CN(C)C.COC.CSC. The summed E-state index contributed by atoms with van der Waals surface area (Å²) in [4.78, 5) is 8.50. The third kappa shape index (κ3) is 16.9. The number of thioether (sulfide) groups is 1. The Morgan fingerprint density at radius 1 is 0.500 bits per heavy atom. The standard InChI is InChI=1S/3C11H16BNO.C3H9N.C2H6O.C2H6S/c3*1-12-10-7-5-4-6-9(10)11(14-12)8-13(2)3;1-4(2)3;2*1-3-2/h3*4-7,11H,8H2,1-3H3;1-3H3;2*1-2H3. The van der Waals surface area contributed by atoms with Crippen LogP contribution >= 0.6 is 11.8 Å². The Labute approximate surface area is 324 Å². The molecule has 3 aromatic rings. The van der Waals surface area contributed by atoms with E-state index in [1.54, 1.807) is 26.0 Å². The van der Waals surface area contributed by atoms with Crippen LogP contribution in [0, 0.1) is 0 Å². The lowest BCUT2D eigenvalue weighted by Gasteiger charge is -2.17. The summed E-state index contributed by atoms with van der Waals surface area (Å²) in [5, 5.41) is 0. The maximum Gasteiger partial charge on any atom is 0.324 e. The molecule has 0 N–H and O–H groups in total. The minimum absolute atomic E-state index is 0.246. The maximum absolute atomic E-state index is 5.90. The number of rotatable bonds is 6. The van der Waals surface area contributed by atoms with Crippen LogP contribution < -0.4 is 16.4 Å². The first kappa shape index (κ1) is 47.9. The van der Waals surface area contributed by atoms with Crippen molar-refractivity contribution in [2.45, 2.75) is 38.8 Å². The molecule has 0 radical (unpaired) electrons. The number of methoxy groups -OCH3 is 1. The lowest BCUT2D eigenvalue weighted by molar-refractivity contribution is 0.176. The molecular weight excluding hydrogens is 665 g/mol. The Hall–Kier alpha value is -2.12. The minimum Gasteiger partial charge on any atom is -0.423 e. The Balaban J connectivity index is 0.000000345. The van der Waals surface area contributed by atoms with E-state index in [1.807, 2.05) is 38.6 Å². The first-order chi connectivity index (χ1) is 24.6. The van der Waals surface area contributed by atoms with Gasteiger partial charge in [0.25, 0.3) is 0 Å². The van der Waals surface area contributed by atoms with E-state index in [4.69, 9.17) is 14.0 Å². The van der Waals surface area contributed by atoms with Gasteiger partial charge in [-0.15, -0.1) is 0 Å². The van der Waals surface area contributed by atoms with Crippen molar-refractivity contribution < 1.29 is 18.7 Å². The Morgan fingerprint density at radius 3 is 0.885 bits per heavy atom. The highest BCUT2D eigenvalue weighted by atomic mass is 32.2. The monoisotopic (exact) mass is 735 g/mol. The lowest BCUT2D eigenvalue weighted by atomic mass is 9.64. The molecule has 288 valence electrons. The highest BCUT2D eigenvalue weighted by Gasteiger charge is 2.33. The summed E-state index contributed by atoms with van der Waals surface area (Å²) < 4.78 is 22.0. The predicted octanol–water partition coefficient (Wildman–Crippen LogP) is 4.86. The quantitative estimate of drug-likeness (QED) is 0.331. The first-order valence-electron chi connectivity index (χ1n) is 18.2. The first-order valence-corrected chi connectivity index (χ1v) is 19.8. The fourth-order valence-corrected chi connectivity index (χ4v) is 6.12. The van der Waals surface area contributed by atoms with Crippen LogP contribution in [0.4, 0.5) is 0 Å². The van der Waals surface area contributed by atoms with Gasteiger partial charge in [-0.05, 0) is 109 Å². The fraction of sp³-hybridized carbons (Fsp3) is 0.550. The van der Waals surface area contributed by atoms with Gasteiger partial charge in [-0.2, -0.15) is 11.8 Å². The molecule has 6 rings (SSSR count). The van der Waals surface area contributed by atoms with Crippen LogP contribution in [0.3, 0.4) is 0 Å². The van der Waals surface area contributed by atoms with E-state index in [0.717, 1.165) is 19.6 Å². The lowest BCUT2D eigenvalue weighted by Crippen LogP contribution is -2.24. The van der Waals surface area contributed by atoms with Gasteiger partial charge in [0.05, 0.1) is 18.3 Å². The van der Waals surface area contributed by atoms with Gasteiger partial charge >= 0.3 is 20.7 Å². The molecule has 8 nitrogen and oxygen atoms in total. The van der Waals surface area contributed by atoms with Gasteiger partial charge in [-0.1, -0.05) is 93.3 Å². The smallest absolute Gasteiger partial charge is 0.324 e. The number of ether oxygens (including phenoxy) is 1. The second-order valence-corrected chi connectivity index (χ2v) is 15.4. The van der Waals surface area contributed by atoms with Gasteiger partial charge in [0.1, 0.15) is 0 Å². The summed E-state index contributed by atoms with van der Waals surface area (Å²) >= 11 is 1.75. The van der Waals surface area contributed by atoms with E-state index in [0.29, 0.717) is 0 Å². The highest BCUT2D eigenvalue weighted by molar-refractivity contribution is 7.97. The van der Waals surface area contributed by atoms with Crippen LogP contribution in [-0.2, 0) is 18.7 Å². The summed E-state index contributed by atoms with van der Waals surface area (Å²) in [6.07, 6.45) is 4.82. The molecule has 12 heteroatoms. The van der Waals surface area contributed by atoms with E-state index in [1.165, 1.54) is 33.1 Å². The van der Waals surface area contributed by atoms with E-state index < -0.39 is 0 Å². The van der Waals surface area contributed by atoms with Crippen molar-refractivity contribution in [1.82, 2.24) is 19.6 Å². The van der Waals surface area contributed by atoms with Gasteiger partial charge < -0.3 is 38.3 Å². The van der Waals surface area contributed by atoms with Crippen molar-refractivity contribution in [3.8, 4) is 0 Å². The zero-order chi connectivity index (χ0) is 39.4. The van der Waals surface area contributed by atoms with Crippen LogP contribution in [0.15, 0.2) is 72.8 Å². The topological polar surface area (TPSA) is 49.9 Å². The predicted molar refractivity (Wildman–Crippen MR) is 232 cm³/mol. The molecular formula is C40H69B3N4O4S. The molecule has 0 bridgehead atoms. The van der Waals surface area contributed by atoms with Crippen molar-refractivity contribution in [2.75, 3.05) is 110 Å². The van der Waals surface area contributed by atoms with Crippen molar-refractivity contribution in [3.63, 3.8) is 0 Å². The Bertz CT molecular complexity index is 1220. The van der Waals surface area contributed by atoms with Crippen molar-refractivity contribution in [3.05, 3.63) is 89.5 Å². The summed E-state index contributed by atoms with van der Waals surface area (Å²) in [6.45, 7) is 9.98. The summed E-state index contributed by atoms with van der Waals surface area (Å²) in [5.74, 6) is 0. The van der Waals surface area contributed by atoms with Crippen LogP contribution in [0.25, 0.3) is 0 Å². The number of benzene rings is 3. The third-order valence-corrected chi connectivity index (χ3v) is 8.04.